The molecule has 0 saturated carbocycles. The second-order valence-electron chi connectivity index (χ2n) is 6.70. The number of hydrogen-bond donors (Lipinski definition) is 2. The van der Waals surface area contributed by atoms with Crippen molar-refractivity contribution in [1.29, 1.82) is 0 Å². The van der Waals surface area contributed by atoms with Gasteiger partial charge in [-0.1, -0.05) is 42.8 Å². The number of urea groups is 1. The van der Waals surface area contributed by atoms with E-state index < -0.39 is 0 Å². The molecule has 2 heterocycles. The predicted octanol–water partition coefficient (Wildman–Crippen LogP) is 2.97. The molecular formula is C19H21N3O2. The third-order valence-corrected chi connectivity index (χ3v) is 5.02. The summed E-state index contributed by atoms with van der Waals surface area (Å²) in [7, 11) is 0. The molecule has 124 valence electrons. The molecule has 2 fully saturated rings. The smallest absolute Gasteiger partial charge is 0.321 e. The number of nitrogens with zero attached hydrogens (tertiary/aromatic N) is 1. The van der Waals surface area contributed by atoms with Crippen LogP contribution in [0, 0.1) is 5.92 Å². The summed E-state index contributed by atoms with van der Waals surface area (Å²) in [4.78, 5) is 26.7. The highest BCUT2D eigenvalue weighted by Crippen LogP contribution is 2.25. The van der Waals surface area contributed by atoms with Crippen LogP contribution in [-0.2, 0) is 4.79 Å². The van der Waals surface area contributed by atoms with Crippen LogP contribution in [0.15, 0.2) is 42.5 Å². The van der Waals surface area contributed by atoms with Crippen molar-refractivity contribution in [2.45, 2.75) is 25.3 Å². The average Bonchev–Trinajstić information content (AvgIpc) is 2.83. The van der Waals surface area contributed by atoms with Gasteiger partial charge in [0.05, 0.1) is 11.6 Å². The zero-order valence-electron chi connectivity index (χ0n) is 13.5. The fourth-order valence-corrected chi connectivity index (χ4v) is 3.75. The van der Waals surface area contributed by atoms with Crippen LogP contribution in [0.1, 0.15) is 19.3 Å². The summed E-state index contributed by atoms with van der Waals surface area (Å²) in [6, 6.07) is 13.8. The van der Waals surface area contributed by atoms with Gasteiger partial charge in [0.25, 0.3) is 0 Å². The molecule has 24 heavy (non-hydrogen) atoms. The number of rotatable bonds is 1. The van der Waals surface area contributed by atoms with E-state index in [2.05, 4.69) is 10.6 Å². The lowest BCUT2D eigenvalue weighted by Crippen LogP contribution is -2.43. The van der Waals surface area contributed by atoms with Crippen LogP contribution in [0.4, 0.5) is 10.5 Å². The van der Waals surface area contributed by atoms with Gasteiger partial charge >= 0.3 is 6.03 Å². The van der Waals surface area contributed by atoms with Crippen LogP contribution >= 0.6 is 0 Å². The van der Waals surface area contributed by atoms with E-state index in [1.807, 2.05) is 42.5 Å². The Balaban J connectivity index is 1.56. The largest absolute Gasteiger partial charge is 0.351 e. The van der Waals surface area contributed by atoms with Crippen LogP contribution in [0.25, 0.3) is 10.8 Å². The topological polar surface area (TPSA) is 61.4 Å². The van der Waals surface area contributed by atoms with Gasteiger partial charge < -0.3 is 15.5 Å². The molecule has 2 aromatic carbocycles. The Kier molecular flexibility index (Phi) is 3.84. The number of fused-ring (bicyclic) bond motifs is 4. The van der Waals surface area contributed by atoms with Gasteiger partial charge in [-0.25, -0.2) is 4.79 Å². The van der Waals surface area contributed by atoms with E-state index in [0.717, 1.165) is 35.7 Å². The monoisotopic (exact) mass is 323 g/mol. The molecule has 0 spiro atoms. The lowest BCUT2D eigenvalue weighted by atomic mass is 9.99. The van der Waals surface area contributed by atoms with E-state index in [9.17, 15) is 9.59 Å². The normalized spacial score (nSPS) is 23.5. The third-order valence-electron chi connectivity index (χ3n) is 5.02. The van der Waals surface area contributed by atoms with Gasteiger partial charge in [0, 0.05) is 24.5 Å². The van der Waals surface area contributed by atoms with Crippen molar-refractivity contribution < 1.29 is 9.59 Å². The summed E-state index contributed by atoms with van der Waals surface area (Å²) < 4.78 is 0. The number of likely N-dealkylation sites (tertiary alicyclic amines) is 1. The summed E-state index contributed by atoms with van der Waals surface area (Å²) in [6.45, 7) is 1.08. The van der Waals surface area contributed by atoms with E-state index in [0.29, 0.717) is 13.1 Å². The molecule has 0 aliphatic carbocycles. The zero-order chi connectivity index (χ0) is 16.5. The van der Waals surface area contributed by atoms with E-state index in [4.69, 9.17) is 0 Å². The Hall–Kier alpha value is -2.56. The number of hydrogen-bond acceptors (Lipinski definition) is 2. The van der Waals surface area contributed by atoms with Crippen molar-refractivity contribution in [3.63, 3.8) is 0 Å². The minimum Gasteiger partial charge on any atom is -0.351 e. The summed E-state index contributed by atoms with van der Waals surface area (Å²) in [6.07, 6.45) is 2.85. The molecule has 2 aliphatic heterocycles. The maximum atomic E-state index is 12.8. The Morgan fingerprint density at radius 3 is 2.83 bits per heavy atom. The average molecular weight is 323 g/mol. The highest BCUT2D eigenvalue weighted by atomic mass is 16.2. The van der Waals surface area contributed by atoms with Gasteiger partial charge in [0.1, 0.15) is 0 Å². The lowest BCUT2D eigenvalue weighted by Gasteiger charge is -2.27. The van der Waals surface area contributed by atoms with Crippen molar-refractivity contribution in [2.24, 2.45) is 5.92 Å². The molecule has 2 aromatic rings. The van der Waals surface area contributed by atoms with E-state index in [1.54, 1.807) is 4.90 Å². The fraction of sp³-hybridized carbons (Fsp3) is 0.368. The van der Waals surface area contributed by atoms with Crippen LogP contribution in [0.3, 0.4) is 0 Å². The van der Waals surface area contributed by atoms with Gasteiger partial charge in [0.2, 0.25) is 5.91 Å². The Bertz CT molecular complexity index is 784. The number of benzene rings is 2. The van der Waals surface area contributed by atoms with Crippen molar-refractivity contribution >= 4 is 28.4 Å². The van der Waals surface area contributed by atoms with E-state index in [-0.39, 0.29) is 23.9 Å². The van der Waals surface area contributed by atoms with Gasteiger partial charge in [-0.2, -0.15) is 0 Å². The summed E-state index contributed by atoms with van der Waals surface area (Å²) in [5, 5.41) is 8.22. The quantitative estimate of drug-likeness (QED) is 0.847. The first-order valence-corrected chi connectivity index (χ1v) is 8.55. The minimum absolute atomic E-state index is 0.0725. The number of carbonyl (C=O) groups is 2. The number of anilines is 1. The highest BCUT2D eigenvalue weighted by Gasteiger charge is 2.34. The van der Waals surface area contributed by atoms with Crippen LogP contribution in [0.2, 0.25) is 0 Å². The molecule has 0 radical (unpaired) electrons. The van der Waals surface area contributed by atoms with Crippen molar-refractivity contribution in [2.75, 3.05) is 18.4 Å². The molecule has 0 aromatic heterocycles. The van der Waals surface area contributed by atoms with Crippen LogP contribution < -0.4 is 10.6 Å². The van der Waals surface area contributed by atoms with Gasteiger partial charge in [-0.15, -0.1) is 0 Å². The molecular weight excluding hydrogens is 302 g/mol. The first kappa shape index (κ1) is 15.0. The lowest BCUT2D eigenvalue weighted by molar-refractivity contribution is -0.124. The maximum Gasteiger partial charge on any atom is 0.321 e. The van der Waals surface area contributed by atoms with Crippen molar-refractivity contribution in [3.05, 3.63) is 42.5 Å². The minimum atomic E-state index is -0.125. The Labute approximate surface area is 141 Å². The zero-order valence-corrected chi connectivity index (χ0v) is 13.5. The molecule has 2 saturated heterocycles. The molecule has 2 atom stereocenters. The number of amides is 3. The van der Waals surface area contributed by atoms with Gasteiger partial charge in [-0.3, -0.25) is 4.79 Å². The molecule has 5 nitrogen and oxygen atoms in total. The van der Waals surface area contributed by atoms with Crippen LogP contribution in [0.5, 0.6) is 0 Å². The maximum absolute atomic E-state index is 12.8. The molecule has 4 rings (SSSR count). The van der Waals surface area contributed by atoms with E-state index >= 15 is 0 Å². The van der Waals surface area contributed by atoms with E-state index in [1.165, 1.54) is 0 Å². The molecule has 3 amide bonds. The number of nitrogens with one attached hydrogen (secondary N) is 2. The summed E-state index contributed by atoms with van der Waals surface area (Å²) in [5.74, 6) is 0.00808. The van der Waals surface area contributed by atoms with Gasteiger partial charge in [-0.05, 0) is 24.3 Å². The summed E-state index contributed by atoms with van der Waals surface area (Å²) >= 11 is 0. The Morgan fingerprint density at radius 2 is 1.92 bits per heavy atom. The molecule has 2 bridgehead atoms. The first-order chi connectivity index (χ1) is 11.7. The first-order valence-electron chi connectivity index (χ1n) is 8.55. The third kappa shape index (κ3) is 2.82. The molecule has 5 heteroatoms. The fourth-order valence-electron chi connectivity index (χ4n) is 3.75. The molecule has 2 aliphatic rings. The van der Waals surface area contributed by atoms with Gasteiger partial charge in [0.15, 0.2) is 0 Å². The second kappa shape index (κ2) is 6.15. The second-order valence-corrected chi connectivity index (χ2v) is 6.70. The Morgan fingerprint density at radius 1 is 1.08 bits per heavy atom. The number of carbonyl (C=O) groups excluding carboxylic acids is 2. The highest BCUT2D eigenvalue weighted by molar-refractivity contribution is 6.01. The van der Waals surface area contributed by atoms with Crippen molar-refractivity contribution in [1.82, 2.24) is 10.2 Å². The molecule has 0 unspecified atom stereocenters. The molecule has 2 N–H and O–H groups in total. The predicted molar refractivity (Wildman–Crippen MR) is 93.8 cm³/mol. The van der Waals surface area contributed by atoms with Crippen LogP contribution in [-0.4, -0.2) is 36.0 Å². The SMILES string of the molecule is O=C1N[C@H]2CCC[C@@H]1CN(C(=O)Nc1cccc3ccccc13)C2. The van der Waals surface area contributed by atoms with Crippen molar-refractivity contribution in [3.8, 4) is 0 Å². The summed E-state index contributed by atoms with van der Waals surface area (Å²) in [5.41, 5.74) is 0.812. The standard InChI is InChI=1S/C19H21N3O2/c23-18-14-7-3-8-15(20-18)12-22(11-14)19(24)21-17-10-4-6-13-5-1-2-9-16(13)17/h1-2,4-6,9-10,14-15H,3,7-8,11-12H2,(H,20,23)(H,21,24)/t14-,15+/m1/s1.